The van der Waals surface area contributed by atoms with Crippen molar-refractivity contribution in [1.82, 2.24) is 10.6 Å². The van der Waals surface area contributed by atoms with Gasteiger partial charge in [0, 0.05) is 13.0 Å². The molecule has 5 nitrogen and oxygen atoms in total. The lowest BCUT2D eigenvalue weighted by Crippen LogP contribution is -2.56. The van der Waals surface area contributed by atoms with E-state index < -0.39 is 17.5 Å². The molecule has 0 bridgehead atoms. The third kappa shape index (κ3) is 3.66. The van der Waals surface area contributed by atoms with Gasteiger partial charge in [-0.15, -0.1) is 11.8 Å². The summed E-state index contributed by atoms with van der Waals surface area (Å²) in [4.78, 5) is 22.7. The van der Waals surface area contributed by atoms with Gasteiger partial charge in [-0.25, -0.2) is 9.59 Å². The van der Waals surface area contributed by atoms with Crippen LogP contribution in [-0.2, 0) is 4.79 Å². The largest absolute Gasteiger partial charge is 0.480 e. The van der Waals surface area contributed by atoms with Gasteiger partial charge in [0.2, 0.25) is 0 Å². The van der Waals surface area contributed by atoms with Gasteiger partial charge in [0.25, 0.3) is 0 Å². The Hall–Kier alpha value is -1.70. The minimum atomic E-state index is -1.15. The number of carboxylic acids is 1. The van der Waals surface area contributed by atoms with Crippen molar-refractivity contribution in [2.45, 2.75) is 38.6 Å². The van der Waals surface area contributed by atoms with Crippen molar-refractivity contribution in [3.05, 3.63) is 0 Å². The zero-order valence-corrected chi connectivity index (χ0v) is 10.2. The molecule has 17 heavy (non-hydrogen) atoms. The fraction of sp³-hybridized carbons (Fsp3) is 0.667. The monoisotopic (exact) mass is 238 g/mol. The number of carbonyl (C=O) groups is 2. The van der Waals surface area contributed by atoms with Crippen LogP contribution < -0.4 is 10.6 Å². The van der Waals surface area contributed by atoms with Crippen LogP contribution in [0.4, 0.5) is 4.79 Å². The topological polar surface area (TPSA) is 78.4 Å². The SMILES string of the molecule is CC#CCCNC(=O)NC(C)(C(=O)O)C1CC1. The number of carboxylic acid groups (broad SMARTS) is 1. The van der Waals surface area contributed by atoms with Crippen molar-refractivity contribution in [2.24, 2.45) is 5.92 Å². The van der Waals surface area contributed by atoms with Gasteiger partial charge in [-0.1, -0.05) is 0 Å². The molecule has 1 rings (SSSR count). The third-order valence-corrected chi connectivity index (χ3v) is 2.92. The van der Waals surface area contributed by atoms with E-state index in [9.17, 15) is 9.59 Å². The van der Waals surface area contributed by atoms with E-state index in [0.717, 1.165) is 12.8 Å². The lowest BCUT2D eigenvalue weighted by Gasteiger charge is -2.26. The van der Waals surface area contributed by atoms with Crippen molar-refractivity contribution in [2.75, 3.05) is 6.54 Å². The first-order valence-corrected chi connectivity index (χ1v) is 5.69. The molecule has 0 spiro atoms. The predicted molar refractivity (Wildman–Crippen MR) is 63.4 cm³/mol. The number of nitrogens with one attached hydrogen (secondary N) is 2. The number of urea groups is 1. The third-order valence-electron chi connectivity index (χ3n) is 2.92. The molecule has 1 atom stereocenters. The minimum absolute atomic E-state index is 0.0428. The lowest BCUT2D eigenvalue weighted by atomic mass is 9.96. The first-order valence-electron chi connectivity index (χ1n) is 5.69. The van der Waals surface area contributed by atoms with Crippen molar-refractivity contribution < 1.29 is 14.7 Å². The number of rotatable bonds is 5. The fourth-order valence-corrected chi connectivity index (χ4v) is 1.63. The van der Waals surface area contributed by atoms with E-state index in [1.165, 1.54) is 0 Å². The Kier molecular flexibility index (Phi) is 4.38. The quantitative estimate of drug-likeness (QED) is 0.493. The number of carbonyl (C=O) groups excluding carboxylic acids is 1. The maximum atomic E-state index is 11.5. The second-order valence-corrected chi connectivity index (χ2v) is 4.34. The van der Waals surface area contributed by atoms with E-state index in [-0.39, 0.29) is 5.92 Å². The van der Waals surface area contributed by atoms with Crippen LogP contribution in [0.25, 0.3) is 0 Å². The summed E-state index contributed by atoms with van der Waals surface area (Å²) in [6.45, 7) is 3.71. The summed E-state index contributed by atoms with van der Waals surface area (Å²) in [6.07, 6.45) is 2.27. The van der Waals surface area contributed by atoms with Crippen LogP contribution in [0.1, 0.15) is 33.1 Å². The molecular weight excluding hydrogens is 220 g/mol. The van der Waals surface area contributed by atoms with Crippen molar-refractivity contribution in [3.63, 3.8) is 0 Å². The summed E-state index contributed by atoms with van der Waals surface area (Å²) in [7, 11) is 0. The Labute approximate surface area is 101 Å². The summed E-state index contributed by atoms with van der Waals surface area (Å²) in [5, 5.41) is 14.3. The Morgan fingerprint density at radius 2 is 2.12 bits per heavy atom. The van der Waals surface area contributed by atoms with Crippen LogP contribution in [-0.4, -0.2) is 29.2 Å². The summed E-state index contributed by atoms with van der Waals surface area (Å²) in [5.74, 6) is 4.60. The van der Waals surface area contributed by atoms with E-state index >= 15 is 0 Å². The standard InChI is InChI=1S/C12H18N2O3/c1-3-4-5-8-13-11(17)14-12(2,10(15)16)9-6-7-9/h9H,5-8H2,1-2H3,(H,15,16)(H2,13,14,17). The van der Waals surface area contributed by atoms with Gasteiger partial charge in [0.1, 0.15) is 5.54 Å². The molecule has 0 aliphatic heterocycles. The van der Waals surface area contributed by atoms with Gasteiger partial charge in [-0.3, -0.25) is 0 Å². The Morgan fingerprint density at radius 1 is 1.47 bits per heavy atom. The lowest BCUT2D eigenvalue weighted by molar-refractivity contribution is -0.144. The molecule has 0 aromatic heterocycles. The molecular formula is C12H18N2O3. The first-order chi connectivity index (χ1) is 8.00. The number of hydrogen-bond acceptors (Lipinski definition) is 2. The van der Waals surface area contributed by atoms with Gasteiger partial charge < -0.3 is 15.7 Å². The molecule has 0 heterocycles. The molecule has 1 unspecified atom stereocenters. The first kappa shape index (κ1) is 13.4. The average molecular weight is 238 g/mol. The Bertz CT molecular complexity index is 366. The summed E-state index contributed by atoms with van der Waals surface area (Å²) >= 11 is 0. The highest BCUT2D eigenvalue weighted by Crippen LogP contribution is 2.39. The zero-order chi connectivity index (χ0) is 12.9. The van der Waals surface area contributed by atoms with Gasteiger partial charge >= 0.3 is 12.0 Å². The molecule has 3 N–H and O–H groups in total. The molecule has 0 saturated heterocycles. The second kappa shape index (κ2) is 5.58. The van der Waals surface area contributed by atoms with Crippen molar-refractivity contribution in [1.29, 1.82) is 0 Å². The maximum absolute atomic E-state index is 11.5. The van der Waals surface area contributed by atoms with Crippen LogP contribution >= 0.6 is 0 Å². The molecule has 0 aromatic rings. The molecule has 2 amide bonds. The number of hydrogen-bond donors (Lipinski definition) is 3. The Balaban J connectivity index is 2.41. The molecule has 0 aromatic carbocycles. The molecule has 1 aliphatic carbocycles. The van der Waals surface area contributed by atoms with Gasteiger partial charge in [-0.05, 0) is 32.6 Å². The predicted octanol–water partition coefficient (Wildman–Crippen LogP) is 0.952. The highest BCUT2D eigenvalue weighted by molar-refractivity contribution is 5.86. The van der Waals surface area contributed by atoms with Crippen molar-refractivity contribution >= 4 is 12.0 Å². The smallest absolute Gasteiger partial charge is 0.329 e. The molecule has 94 valence electrons. The van der Waals surface area contributed by atoms with Crippen LogP contribution in [0, 0.1) is 17.8 Å². The summed E-state index contributed by atoms with van der Waals surface area (Å²) < 4.78 is 0. The van der Waals surface area contributed by atoms with Crippen LogP contribution in [0.3, 0.4) is 0 Å². The van der Waals surface area contributed by atoms with Gasteiger partial charge in [-0.2, -0.15) is 0 Å². The van der Waals surface area contributed by atoms with Crippen LogP contribution in [0.15, 0.2) is 0 Å². The maximum Gasteiger partial charge on any atom is 0.329 e. The molecule has 1 aliphatic rings. The summed E-state index contributed by atoms with van der Waals surface area (Å²) in [6, 6.07) is -0.445. The second-order valence-electron chi connectivity index (χ2n) is 4.34. The van der Waals surface area contributed by atoms with E-state index in [0.29, 0.717) is 13.0 Å². The van der Waals surface area contributed by atoms with Crippen LogP contribution in [0.5, 0.6) is 0 Å². The molecule has 0 radical (unpaired) electrons. The molecule has 1 fully saturated rings. The highest BCUT2D eigenvalue weighted by atomic mass is 16.4. The van der Waals surface area contributed by atoms with E-state index in [1.807, 2.05) is 0 Å². The summed E-state index contributed by atoms with van der Waals surface area (Å²) in [5.41, 5.74) is -1.15. The number of aliphatic carboxylic acids is 1. The van der Waals surface area contributed by atoms with Crippen molar-refractivity contribution in [3.8, 4) is 11.8 Å². The fourth-order valence-electron chi connectivity index (χ4n) is 1.63. The van der Waals surface area contributed by atoms with Gasteiger partial charge in [0.15, 0.2) is 0 Å². The normalized spacial score (nSPS) is 17.3. The van der Waals surface area contributed by atoms with E-state index in [1.54, 1.807) is 13.8 Å². The zero-order valence-electron chi connectivity index (χ0n) is 10.2. The van der Waals surface area contributed by atoms with E-state index in [4.69, 9.17) is 5.11 Å². The molecule has 5 heteroatoms. The Morgan fingerprint density at radius 3 is 2.59 bits per heavy atom. The molecule has 1 saturated carbocycles. The van der Waals surface area contributed by atoms with Gasteiger partial charge in [0.05, 0.1) is 0 Å². The van der Waals surface area contributed by atoms with E-state index in [2.05, 4.69) is 22.5 Å². The average Bonchev–Trinajstić information content (AvgIpc) is 3.07. The highest BCUT2D eigenvalue weighted by Gasteiger charge is 2.48. The minimum Gasteiger partial charge on any atom is -0.480 e. The van der Waals surface area contributed by atoms with Crippen LogP contribution in [0.2, 0.25) is 0 Å². The number of amides is 2.